The minimum atomic E-state index is -0.934. The summed E-state index contributed by atoms with van der Waals surface area (Å²) in [5.41, 5.74) is 1.32. The van der Waals surface area contributed by atoms with Crippen molar-refractivity contribution in [3.8, 4) is 17.0 Å². The maximum Gasteiger partial charge on any atom is 0.344 e. The van der Waals surface area contributed by atoms with Gasteiger partial charge in [0, 0.05) is 16.1 Å². The summed E-state index contributed by atoms with van der Waals surface area (Å²) in [6.45, 7) is 0. The van der Waals surface area contributed by atoms with E-state index in [1.54, 1.807) is 12.1 Å². The van der Waals surface area contributed by atoms with Crippen molar-refractivity contribution in [1.29, 1.82) is 0 Å². The van der Waals surface area contributed by atoms with Crippen LogP contribution in [0.1, 0.15) is 19.3 Å². The Kier molecular flexibility index (Phi) is 3.96. The van der Waals surface area contributed by atoms with Crippen LogP contribution in [-0.2, 0) is 4.79 Å². The summed E-state index contributed by atoms with van der Waals surface area (Å²) >= 11 is 3.40. The number of aromatic nitrogens is 1. The minimum Gasteiger partial charge on any atom is -0.479 e. The number of aliphatic carboxylic acids is 1. The van der Waals surface area contributed by atoms with Crippen LogP contribution >= 0.6 is 15.9 Å². The molecule has 0 radical (unpaired) electrons. The molecule has 1 aromatic heterocycles. The molecule has 110 valence electrons. The number of halogens is 1. The molecule has 0 aliphatic heterocycles. The minimum absolute atomic E-state index is 0.469. The second-order valence-electron chi connectivity index (χ2n) is 5.15. The first-order valence-electron chi connectivity index (χ1n) is 6.73. The zero-order valence-corrected chi connectivity index (χ0v) is 12.7. The van der Waals surface area contributed by atoms with Crippen molar-refractivity contribution in [2.24, 2.45) is 5.92 Å². The van der Waals surface area contributed by atoms with Crippen LogP contribution in [0.2, 0.25) is 0 Å². The van der Waals surface area contributed by atoms with Gasteiger partial charge in [0.2, 0.25) is 0 Å². The van der Waals surface area contributed by atoms with Crippen molar-refractivity contribution in [1.82, 2.24) is 5.16 Å². The van der Waals surface area contributed by atoms with Gasteiger partial charge in [-0.15, -0.1) is 0 Å². The van der Waals surface area contributed by atoms with Gasteiger partial charge in [-0.05, 0) is 30.5 Å². The SMILES string of the molecule is O=C(O)C(CC1CC1)Oc1ccc(Br)cc1-c1ccon1. The average molecular weight is 352 g/mol. The molecular weight excluding hydrogens is 338 g/mol. The van der Waals surface area contributed by atoms with Crippen molar-refractivity contribution >= 4 is 21.9 Å². The van der Waals surface area contributed by atoms with Crippen LogP contribution in [0.5, 0.6) is 5.75 Å². The fraction of sp³-hybridized carbons (Fsp3) is 0.333. The topological polar surface area (TPSA) is 72.6 Å². The molecule has 2 aromatic rings. The van der Waals surface area contributed by atoms with Crippen molar-refractivity contribution in [2.45, 2.75) is 25.4 Å². The summed E-state index contributed by atoms with van der Waals surface area (Å²) in [6, 6.07) is 7.11. The van der Waals surface area contributed by atoms with Crippen LogP contribution in [-0.4, -0.2) is 22.3 Å². The lowest BCUT2D eigenvalue weighted by molar-refractivity contribution is -0.145. The number of rotatable bonds is 6. The van der Waals surface area contributed by atoms with Crippen LogP contribution in [0.15, 0.2) is 39.5 Å². The Morgan fingerprint density at radius 2 is 2.29 bits per heavy atom. The monoisotopic (exact) mass is 351 g/mol. The standard InChI is InChI=1S/C15H14BrNO4/c16-10-3-4-13(11(8-10)12-5-6-20-17-12)21-14(15(18)19)7-9-1-2-9/h3-6,8-9,14H,1-2,7H2,(H,18,19). The fourth-order valence-corrected chi connectivity index (χ4v) is 2.53. The van der Waals surface area contributed by atoms with Gasteiger partial charge in [0.15, 0.2) is 6.10 Å². The van der Waals surface area contributed by atoms with E-state index in [1.807, 2.05) is 12.1 Å². The molecule has 0 amide bonds. The molecule has 1 aliphatic rings. The molecular formula is C15H14BrNO4. The number of ether oxygens (including phenoxy) is 1. The lowest BCUT2D eigenvalue weighted by Crippen LogP contribution is -2.27. The third kappa shape index (κ3) is 3.44. The lowest BCUT2D eigenvalue weighted by atomic mass is 10.1. The van der Waals surface area contributed by atoms with Gasteiger partial charge < -0.3 is 14.4 Å². The molecule has 1 atom stereocenters. The number of carboxylic acids is 1. The maximum atomic E-state index is 11.4. The Balaban J connectivity index is 1.88. The predicted molar refractivity (Wildman–Crippen MR) is 79.0 cm³/mol. The molecule has 1 unspecified atom stereocenters. The van der Waals surface area contributed by atoms with Gasteiger partial charge in [0.05, 0.1) is 0 Å². The molecule has 0 bridgehead atoms. The van der Waals surface area contributed by atoms with Gasteiger partial charge in [-0.1, -0.05) is 33.9 Å². The van der Waals surface area contributed by atoms with Gasteiger partial charge in [-0.25, -0.2) is 4.79 Å². The molecule has 1 aromatic carbocycles. The van der Waals surface area contributed by atoms with E-state index in [1.165, 1.54) is 6.26 Å². The fourth-order valence-electron chi connectivity index (χ4n) is 2.17. The second kappa shape index (κ2) is 5.89. The Labute approximate surface area is 130 Å². The zero-order valence-electron chi connectivity index (χ0n) is 11.2. The predicted octanol–water partition coefficient (Wildman–Crippen LogP) is 3.74. The zero-order chi connectivity index (χ0) is 14.8. The van der Waals surface area contributed by atoms with Crippen molar-refractivity contribution < 1.29 is 19.2 Å². The highest BCUT2D eigenvalue weighted by molar-refractivity contribution is 9.10. The number of carbonyl (C=O) groups is 1. The van der Waals surface area contributed by atoms with Gasteiger partial charge in [0.25, 0.3) is 0 Å². The van der Waals surface area contributed by atoms with Crippen LogP contribution in [0.25, 0.3) is 11.3 Å². The highest BCUT2D eigenvalue weighted by Gasteiger charge is 2.31. The average Bonchev–Trinajstić information content (AvgIpc) is 3.10. The first-order chi connectivity index (χ1) is 10.1. The number of benzene rings is 1. The van der Waals surface area contributed by atoms with Crippen molar-refractivity contribution in [2.75, 3.05) is 0 Å². The molecule has 1 aliphatic carbocycles. The van der Waals surface area contributed by atoms with E-state index >= 15 is 0 Å². The molecule has 1 saturated carbocycles. The summed E-state index contributed by atoms with van der Waals surface area (Å²) in [7, 11) is 0. The Bertz CT molecular complexity index is 637. The molecule has 1 N–H and O–H groups in total. The summed E-state index contributed by atoms with van der Waals surface area (Å²) in [4.78, 5) is 11.4. The summed E-state index contributed by atoms with van der Waals surface area (Å²) in [6.07, 6.45) is 3.36. The third-order valence-electron chi connectivity index (χ3n) is 3.44. The number of carboxylic acid groups (broad SMARTS) is 1. The van der Waals surface area contributed by atoms with Crippen LogP contribution < -0.4 is 4.74 Å². The third-order valence-corrected chi connectivity index (χ3v) is 3.94. The molecule has 0 spiro atoms. The van der Waals surface area contributed by atoms with E-state index in [-0.39, 0.29) is 0 Å². The Morgan fingerprint density at radius 1 is 1.48 bits per heavy atom. The van der Waals surface area contributed by atoms with Crippen LogP contribution in [0.3, 0.4) is 0 Å². The summed E-state index contributed by atoms with van der Waals surface area (Å²) in [5, 5.41) is 13.2. The quantitative estimate of drug-likeness (QED) is 0.858. The van der Waals surface area contributed by atoms with Crippen molar-refractivity contribution in [3.63, 3.8) is 0 Å². The number of hydrogen-bond acceptors (Lipinski definition) is 4. The van der Waals surface area contributed by atoms with E-state index in [2.05, 4.69) is 21.1 Å². The van der Waals surface area contributed by atoms with Gasteiger partial charge in [-0.3, -0.25) is 0 Å². The first-order valence-corrected chi connectivity index (χ1v) is 7.52. The highest BCUT2D eigenvalue weighted by atomic mass is 79.9. The molecule has 1 heterocycles. The van der Waals surface area contributed by atoms with E-state index < -0.39 is 12.1 Å². The molecule has 5 nitrogen and oxygen atoms in total. The van der Waals surface area contributed by atoms with E-state index in [0.29, 0.717) is 29.3 Å². The molecule has 21 heavy (non-hydrogen) atoms. The van der Waals surface area contributed by atoms with Crippen LogP contribution in [0.4, 0.5) is 0 Å². The van der Waals surface area contributed by atoms with Gasteiger partial charge >= 0.3 is 5.97 Å². The van der Waals surface area contributed by atoms with E-state index in [0.717, 1.165) is 17.3 Å². The largest absolute Gasteiger partial charge is 0.479 e. The van der Waals surface area contributed by atoms with Gasteiger partial charge in [0.1, 0.15) is 17.7 Å². The molecule has 3 rings (SSSR count). The van der Waals surface area contributed by atoms with E-state index in [9.17, 15) is 9.90 Å². The summed E-state index contributed by atoms with van der Waals surface area (Å²) in [5.74, 6) is 0.0353. The molecule has 6 heteroatoms. The number of hydrogen-bond donors (Lipinski definition) is 1. The second-order valence-corrected chi connectivity index (χ2v) is 6.06. The Hall–Kier alpha value is -1.82. The molecule has 0 saturated heterocycles. The van der Waals surface area contributed by atoms with E-state index in [4.69, 9.17) is 9.26 Å². The first kappa shape index (κ1) is 14.1. The smallest absolute Gasteiger partial charge is 0.344 e. The summed E-state index contributed by atoms with van der Waals surface area (Å²) < 4.78 is 11.5. The Morgan fingerprint density at radius 3 is 2.90 bits per heavy atom. The van der Waals surface area contributed by atoms with Crippen molar-refractivity contribution in [3.05, 3.63) is 35.0 Å². The van der Waals surface area contributed by atoms with Gasteiger partial charge in [-0.2, -0.15) is 0 Å². The highest BCUT2D eigenvalue weighted by Crippen LogP contribution is 2.37. The lowest BCUT2D eigenvalue weighted by Gasteiger charge is -2.17. The van der Waals surface area contributed by atoms with Crippen LogP contribution in [0, 0.1) is 5.92 Å². The molecule has 1 fully saturated rings. The maximum absolute atomic E-state index is 11.4. The normalized spacial score (nSPS) is 15.7. The number of nitrogens with zero attached hydrogens (tertiary/aromatic N) is 1.